The fourth-order valence-electron chi connectivity index (χ4n) is 3.00. The number of hydrogen-bond acceptors (Lipinski definition) is 7. The minimum absolute atomic E-state index is 0.260. The quantitative estimate of drug-likeness (QED) is 0.264. The zero-order valence-electron chi connectivity index (χ0n) is 20.3. The summed E-state index contributed by atoms with van der Waals surface area (Å²) in [6.45, 7) is 3.92. The highest BCUT2D eigenvalue weighted by Gasteiger charge is 2.07. The molecular weight excluding hydrogens is 454 g/mol. The molecule has 0 aliphatic rings. The van der Waals surface area contributed by atoms with Gasteiger partial charge in [0.15, 0.2) is 6.29 Å². The molecule has 8 heteroatoms. The molecule has 2 aromatic heterocycles. The first-order valence-electron chi connectivity index (χ1n) is 11.1. The first kappa shape index (κ1) is 27.6. The van der Waals surface area contributed by atoms with E-state index in [0.29, 0.717) is 23.6 Å². The Balaban J connectivity index is 0.000000288. The maximum absolute atomic E-state index is 11.6. The second-order valence-corrected chi connectivity index (χ2v) is 7.22. The molecule has 2 aromatic carbocycles. The molecule has 0 aliphatic heterocycles. The number of rotatable bonds is 7. The highest BCUT2D eigenvalue weighted by atomic mass is 16.1. The Labute approximate surface area is 210 Å². The number of carbonyl (C=O) groups excluding carboxylic acids is 3. The molecule has 0 radical (unpaired) electrons. The Hall–Kier alpha value is -4.69. The van der Waals surface area contributed by atoms with Gasteiger partial charge in [-0.25, -0.2) is 4.98 Å². The smallest absolute Gasteiger partial charge is 0.247 e. The first-order chi connectivity index (χ1) is 17.6. The number of nitrogens with zero attached hydrogens (tertiary/aromatic N) is 2. The van der Waals surface area contributed by atoms with Gasteiger partial charge in [-0.2, -0.15) is 0 Å². The summed E-state index contributed by atoms with van der Waals surface area (Å²) >= 11 is 0. The molecule has 0 saturated heterocycles. The van der Waals surface area contributed by atoms with Gasteiger partial charge in [0.1, 0.15) is 12.0 Å². The van der Waals surface area contributed by atoms with Gasteiger partial charge in [0.05, 0.1) is 17.9 Å². The molecule has 184 valence electrons. The van der Waals surface area contributed by atoms with Crippen LogP contribution in [0.15, 0.2) is 91.8 Å². The van der Waals surface area contributed by atoms with Crippen LogP contribution in [-0.2, 0) is 9.59 Å². The number of fused-ring (bicyclic) bond motifs is 1. The third kappa shape index (κ3) is 8.58. The van der Waals surface area contributed by atoms with Crippen molar-refractivity contribution >= 4 is 40.6 Å². The second-order valence-electron chi connectivity index (χ2n) is 7.22. The van der Waals surface area contributed by atoms with Crippen LogP contribution in [-0.4, -0.2) is 49.1 Å². The lowest BCUT2D eigenvalue weighted by atomic mass is 10.0. The molecular formula is C28H29N5O3. The zero-order chi connectivity index (χ0) is 26.2. The molecule has 0 aliphatic carbocycles. The van der Waals surface area contributed by atoms with Gasteiger partial charge in [-0.1, -0.05) is 36.9 Å². The van der Waals surface area contributed by atoms with E-state index in [1.54, 1.807) is 31.6 Å². The van der Waals surface area contributed by atoms with Crippen molar-refractivity contribution in [3.63, 3.8) is 0 Å². The number of hydrogen-bond donors (Lipinski definition) is 3. The lowest BCUT2D eigenvalue weighted by Gasteiger charge is -2.09. The topological polar surface area (TPSA) is 113 Å². The first-order valence-corrected chi connectivity index (χ1v) is 11.1. The van der Waals surface area contributed by atoms with Crippen molar-refractivity contribution in [3.8, 4) is 11.3 Å². The minimum Gasteiger partial charge on any atom is -0.387 e. The largest absolute Gasteiger partial charge is 0.387 e. The van der Waals surface area contributed by atoms with Crippen molar-refractivity contribution in [2.24, 2.45) is 0 Å². The molecule has 0 atom stereocenters. The van der Waals surface area contributed by atoms with Crippen LogP contribution in [0.4, 0.5) is 11.4 Å². The lowest BCUT2D eigenvalue weighted by molar-refractivity contribution is -0.112. The summed E-state index contributed by atoms with van der Waals surface area (Å²) in [5.41, 5.74) is 3.73. The lowest BCUT2D eigenvalue weighted by Crippen LogP contribution is -2.07. The number of aldehydes is 2. The number of likely N-dealkylation sites (N-methyl/N-ethyl adjacent to an activating group) is 1. The van der Waals surface area contributed by atoms with Gasteiger partial charge in [0.2, 0.25) is 5.91 Å². The summed E-state index contributed by atoms with van der Waals surface area (Å²) in [5, 5.41) is 10.3. The van der Waals surface area contributed by atoms with Crippen LogP contribution in [0.25, 0.3) is 22.0 Å². The summed E-state index contributed by atoms with van der Waals surface area (Å²) in [7, 11) is 3.60. The highest BCUT2D eigenvalue weighted by molar-refractivity contribution is 6.06. The van der Waals surface area contributed by atoms with E-state index in [9.17, 15) is 14.4 Å². The van der Waals surface area contributed by atoms with Gasteiger partial charge < -0.3 is 20.7 Å². The van der Waals surface area contributed by atoms with Crippen molar-refractivity contribution in [2.75, 3.05) is 31.3 Å². The molecule has 4 aromatic rings. The minimum atomic E-state index is -0.260. The molecule has 8 nitrogen and oxygen atoms in total. The predicted octanol–water partition coefficient (Wildman–Crippen LogP) is 4.37. The molecule has 1 amide bonds. The van der Waals surface area contributed by atoms with Crippen LogP contribution in [0.1, 0.15) is 10.5 Å². The van der Waals surface area contributed by atoms with Crippen LogP contribution in [0, 0.1) is 0 Å². The van der Waals surface area contributed by atoms with E-state index in [4.69, 9.17) is 0 Å². The number of nitrogens with one attached hydrogen (secondary N) is 3. The number of pyridine rings is 2. The summed E-state index contributed by atoms with van der Waals surface area (Å²) in [6.07, 6.45) is 6.30. The zero-order valence-corrected chi connectivity index (χ0v) is 20.3. The Kier molecular flexibility index (Phi) is 11.7. The maximum Gasteiger partial charge on any atom is 0.247 e. The third-order valence-corrected chi connectivity index (χ3v) is 4.75. The summed E-state index contributed by atoms with van der Waals surface area (Å²) < 4.78 is 0. The number of amides is 1. The fourth-order valence-corrected chi connectivity index (χ4v) is 3.00. The van der Waals surface area contributed by atoms with E-state index in [0.717, 1.165) is 34.6 Å². The number of aromatic nitrogens is 2. The molecule has 4 rings (SSSR count). The van der Waals surface area contributed by atoms with Crippen LogP contribution < -0.4 is 16.0 Å². The Morgan fingerprint density at radius 3 is 2.39 bits per heavy atom. The standard InChI is InChI=1S/C19H14N2O2.C6H8N2.C3H7NO/c1-2-19(23)21-18-8-3-5-13-9-10-14(11-16(13)18)17-7-4-6-15(12-22)20-17;1-7-6-3-2-4-8-5-6;1-4-2-3-5/h2-12H,1H2,(H,21,23);2-5,7H,1H3;3-4H,2H2,1H3. The molecule has 0 fully saturated rings. The van der Waals surface area contributed by atoms with E-state index < -0.39 is 0 Å². The summed E-state index contributed by atoms with van der Waals surface area (Å²) in [6, 6.07) is 20.7. The van der Waals surface area contributed by atoms with Gasteiger partial charge in [0, 0.05) is 36.1 Å². The second kappa shape index (κ2) is 15.3. The van der Waals surface area contributed by atoms with E-state index in [2.05, 4.69) is 32.5 Å². The molecule has 2 heterocycles. The molecule has 0 spiro atoms. The SMILES string of the molecule is C=CC(=O)Nc1cccc2ccc(-c3cccc(C=O)n3)cc12.CNCC=O.CNc1cccnc1. The van der Waals surface area contributed by atoms with E-state index in [-0.39, 0.29) is 5.91 Å². The Bertz CT molecular complexity index is 1290. The molecule has 3 N–H and O–H groups in total. The summed E-state index contributed by atoms with van der Waals surface area (Å²) in [5.74, 6) is -0.260. The number of carbonyl (C=O) groups is 3. The van der Waals surface area contributed by atoms with Crippen LogP contribution in [0.5, 0.6) is 0 Å². The van der Waals surface area contributed by atoms with Crippen molar-refractivity contribution in [3.05, 3.63) is 97.5 Å². The van der Waals surface area contributed by atoms with Gasteiger partial charge in [0.25, 0.3) is 0 Å². The van der Waals surface area contributed by atoms with Crippen LogP contribution in [0.2, 0.25) is 0 Å². The third-order valence-electron chi connectivity index (χ3n) is 4.75. The van der Waals surface area contributed by atoms with Crippen molar-refractivity contribution in [2.45, 2.75) is 0 Å². The van der Waals surface area contributed by atoms with Crippen molar-refractivity contribution in [1.82, 2.24) is 15.3 Å². The summed E-state index contributed by atoms with van der Waals surface area (Å²) in [4.78, 5) is 40.0. The highest BCUT2D eigenvalue weighted by Crippen LogP contribution is 2.28. The Morgan fingerprint density at radius 1 is 1.00 bits per heavy atom. The number of anilines is 2. The van der Waals surface area contributed by atoms with E-state index in [1.165, 1.54) is 6.08 Å². The predicted molar refractivity (Wildman–Crippen MR) is 145 cm³/mol. The molecule has 0 unspecified atom stereocenters. The average molecular weight is 484 g/mol. The molecule has 36 heavy (non-hydrogen) atoms. The van der Waals surface area contributed by atoms with Crippen molar-refractivity contribution < 1.29 is 14.4 Å². The normalized spacial score (nSPS) is 9.50. The van der Waals surface area contributed by atoms with Crippen molar-refractivity contribution in [1.29, 1.82) is 0 Å². The fraction of sp³-hybridized carbons (Fsp3) is 0.107. The maximum atomic E-state index is 11.6. The van der Waals surface area contributed by atoms with Crippen LogP contribution >= 0.6 is 0 Å². The monoisotopic (exact) mass is 483 g/mol. The van der Waals surface area contributed by atoms with Gasteiger partial charge >= 0.3 is 0 Å². The Morgan fingerprint density at radius 2 is 1.81 bits per heavy atom. The number of benzene rings is 2. The molecule has 0 bridgehead atoms. The van der Waals surface area contributed by atoms with E-state index >= 15 is 0 Å². The average Bonchev–Trinajstić information content (AvgIpc) is 2.94. The van der Waals surface area contributed by atoms with Gasteiger partial charge in [-0.3, -0.25) is 14.6 Å². The van der Waals surface area contributed by atoms with E-state index in [1.807, 2.05) is 61.6 Å². The molecule has 0 saturated carbocycles. The van der Waals surface area contributed by atoms with Gasteiger partial charge in [-0.05, 0) is 54.9 Å². The van der Waals surface area contributed by atoms with Gasteiger partial charge in [-0.15, -0.1) is 0 Å². The van der Waals surface area contributed by atoms with Crippen LogP contribution in [0.3, 0.4) is 0 Å².